The molecule has 0 amide bonds. The molecule has 0 heterocycles. The number of nitrogens with zero attached hydrogens (tertiary/aromatic N) is 2. The highest BCUT2D eigenvalue weighted by molar-refractivity contribution is 9.08. The Kier molecular flexibility index (Phi) is 6.81. The number of hydrogen-bond acceptors (Lipinski definition) is 5. The Morgan fingerprint density at radius 3 is 2.70 bits per heavy atom. The van der Waals surface area contributed by atoms with E-state index < -0.39 is 4.92 Å². The van der Waals surface area contributed by atoms with Crippen molar-refractivity contribution in [2.75, 3.05) is 13.7 Å². The first-order chi connectivity index (χ1) is 9.63. The molecule has 1 rings (SSSR count). The topological polar surface area (TPSA) is 85.4 Å². The third kappa shape index (κ3) is 4.38. The van der Waals surface area contributed by atoms with Crippen LogP contribution in [0.5, 0.6) is 11.5 Å². The third-order valence-electron chi connectivity index (χ3n) is 2.65. The molecule has 1 aromatic rings. The molecule has 0 atom stereocenters. The van der Waals surface area contributed by atoms with Crippen molar-refractivity contribution < 1.29 is 14.4 Å². The lowest BCUT2D eigenvalue weighted by Gasteiger charge is -2.11. The highest BCUT2D eigenvalue weighted by Gasteiger charge is 2.18. The average molecular weight is 343 g/mol. The summed E-state index contributed by atoms with van der Waals surface area (Å²) in [4.78, 5) is 10.6. The summed E-state index contributed by atoms with van der Waals surface area (Å²) in [5.74, 6) is 0.811. The lowest BCUT2D eigenvalue weighted by molar-refractivity contribution is -0.385. The number of rotatable bonds is 8. The van der Waals surface area contributed by atoms with Crippen molar-refractivity contribution in [1.29, 1.82) is 5.26 Å². The molecule has 108 valence electrons. The first kappa shape index (κ1) is 16.2. The van der Waals surface area contributed by atoms with Crippen LogP contribution in [0.3, 0.4) is 0 Å². The van der Waals surface area contributed by atoms with E-state index in [0.717, 1.165) is 6.42 Å². The minimum atomic E-state index is -0.446. The van der Waals surface area contributed by atoms with E-state index in [9.17, 15) is 10.1 Å². The van der Waals surface area contributed by atoms with E-state index >= 15 is 0 Å². The first-order valence-electron chi connectivity index (χ1n) is 6.05. The molecule has 0 radical (unpaired) electrons. The van der Waals surface area contributed by atoms with Crippen LogP contribution in [0.15, 0.2) is 12.1 Å². The molecule has 0 aromatic heterocycles. The second-order valence-corrected chi connectivity index (χ2v) is 4.55. The quantitative estimate of drug-likeness (QED) is 0.312. The Labute approximate surface area is 125 Å². The molecule has 0 saturated carbocycles. The van der Waals surface area contributed by atoms with Gasteiger partial charge in [-0.2, -0.15) is 5.26 Å². The molecule has 0 aliphatic heterocycles. The zero-order valence-corrected chi connectivity index (χ0v) is 12.7. The Morgan fingerprint density at radius 1 is 1.40 bits per heavy atom. The van der Waals surface area contributed by atoms with Crippen molar-refractivity contribution in [1.82, 2.24) is 0 Å². The van der Waals surface area contributed by atoms with E-state index in [2.05, 4.69) is 22.0 Å². The summed E-state index contributed by atoms with van der Waals surface area (Å²) in [6.07, 6.45) is 1.92. The van der Waals surface area contributed by atoms with Crippen LogP contribution < -0.4 is 9.47 Å². The lowest BCUT2D eigenvalue weighted by Crippen LogP contribution is -2.02. The molecule has 0 unspecified atom stereocenters. The number of nitriles is 1. The van der Waals surface area contributed by atoms with Crippen LogP contribution in [0.25, 0.3) is 0 Å². The van der Waals surface area contributed by atoms with Gasteiger partial charge in [0.25, 0.3) is 5.69 Å². The van der Waals surface area contributed by atoms with Crippen molar-refractivity contribution in [3.8, 4) is 17.6 Å². The molecule has 6 nitrogen and oxygen atoms in total. The van der Waals surface area contributed by atoms with E-state index in [-0.39, 0.29) is 5.69 Å². The maximum Gasteiger partial charge on any atom is 0.277 e. The van der Waals surface area contributed by atoms with Crippen molar-refractivity contribution >= 4 is 21.6 Å². The van der Waals surface area contributed by atoms with Gasteiger partial charge in [-0.3, -0.25) is 10.1 Å². The van der Waals surface area contributed by atoms with E-state index in [0.29, 0.717) is 41.8 Å². The minimum Gasteiger partial charge on any atom is -0.493 e. The van der Waals surface area contributed by atoms with E-state index in [1.54, 1.807) is 6.07 Å². The molecule has 7 heteroatoms. The molecule has 0 fully saturated rings. The molecule has 20 heavy (non-hydrogen) atoms. The Morgan fingerprint density at radius 2 is 2.15 bits per heavy atom. The van der Waals surface area contributed by atoms with E-state index in [1.165, 1.54) is 13.2 Å². The normalized spacial score (nSPS) is 9.85. The highest BCUT2D eigenvalue weighted by Crippen LogP contribution is 2.35. The number of halogens is 1. The summed E-state index contributed by atoms with van der Waals surface area (Å²) >= 11 is 3.21. The van der Waals surface area contributed by atoms with Gasteiger partial charge in [0, 0.05) is 17.3 Å². The molecular weight excluding hydrogens is 328 g/mol. The summed E-state index contributed by atoms with van der Waals surface area (Å²) in [6.45, 7) is 0.392. The van der Waals surface area contributed by atoms with Gasteiger partial charge < -0.3 is 9.47 Å². The van der Waals surface area contributed by atoms with Gasteiger partial charge in [0.2, 0.25) is 0 Å². The van der Waals surface area contributed by atoms with Crippen molar-refractivity contribution in [2.24, 2.45) is 0 Å². The lowest BCUT2D eigenvalue weighted by atomic mass is 10.2. The molecule has 0 saturated heterocycles. The predicted octanol–water partition coefficient (Wildman–Crippen LogP) is 3.57. The number of alkyl halides is 1. The summed E-state index contributed by atoms with van der Waals surface area (Å²) in [5.41, 5.74) is 0.526. The number of benzene rings is 1. The summed E-state index contributed by atoms with van der Waals surface area (Å²) in [5, 5.41) is 19.8. The maximum absolute atomic E-state index is 11.0. The van der Waals surface area contributed by atoms with Crippen LogP contribution in [-0.4, -0.2) is 18.6 Å². The van der Waals surface area contributed by atoms with Gasteiger partial charge in [-0.15, -0.1) is 0 Å². The summed E-state index contributed by atoms with van der Waals surface area (Å²) < 4.78 is 10.7. The molecule has 1 aromatic carbocycles. The Bertz CT molecular complexity index is 514. The second kappa shape index (κ2) is 8.38. The van der Waals surface area contributed by atoms with E-state index in [1.807, 2.05) is 0 Å². The minimum absolute atomic E-state index is 0.00491. The second-order valence-electron chi connectivity index (χ2n) is 3.99. The Balaban J connectivity index is 2.85. The standard InChI is InChI=1S/C13H15BrN2O4/c1-19-12-7-10(9-14)11(16(17)18)8-13(12)20-6-4-2-3-5-15/h7-8H,2-4,6,9H2,1H3. The average Bonchev–Trinajstić information content (AvgIpc) is 2.46. The van der Waals surface area contributed by atoms with Crippen LogP contribution >= 0.6 is 15.9 Å². The van der Waals surface area contributed by atoms with Gasteiger partial charge in [0.1, 0.15) is 0 Å². The molecule has 0 bridgehead atoms. The van der Waals surface area contributed by atoms with Crippen LogP contribution in [0.4, 0.5) is 5.69 Å². The SMILES string of the molecule is COc1cc(CBr)c([N+](=O)[O-])cc1OCCCCC#N. The van der Waals surface area contributed by atoms with Crippen LogP contribution in [-0.2, 0) is 5.33 Å². The summed E-state index contributed by atoms with van der Waals surface area (Å²) in [7, 11) is 1.49. The number of hydrogen-bond donors (Lipinski definition) is 0. The Hall–Kier alpha value is -1.81. The van der Waals surface area contributed by atoms with Gasteiger partial charge in [-0.05, 0) is 18.9 Å². The van der Waals surface area contributed by atoms with Gasteiger partial charge in [0.05, 0.1) is 30.8 Å². The highest BCUT2D eigenvalue weighted by atomic mass is 79.9. The fourth-order valence-electron chi connectivity index (χ4n) is 1.63. The zero-order valence-electron chi connectivity index (χ0n) is 11.1. The molecular formula is C13H15BrN2O4. The van der Waals surface area contributed by atoms with Gasteiger partial charge in [0.15, 0.2) is 11.5 Å². The first-order valence-corrected chi connectivity index (χ1v) is 7.17. The predicted molar refractivity (Wildman–Crippen MR) is 77.2 cm³/mol. The molecule has 0 N–H and O–H groups in total. The van der Waals surface area contributed by atoms with Gasteiger partial charge in [-0.25, -0.2) is 0 Å². The fourth-order valence-corrected chi connectivity index (χ4v) is 2.08. The van der Waals surface area contributed by atoms with E-state index in [4.69, 9.17) is 14.7 Å². The smallest absolute Gasteiger partial charge is 0.277 e. The summed E-state index contributed by atoms with van der Waals surface area (Å²) in [6, 6.07) is 5.02. The van der Waals surface area contributed by atoms with Crippen LogP contribution in [0.2, 0.25) is 0 Å². The number of unbranched alkanes of at least 4 members (excludes halogenated alkanes) is 2. The number of nitro groups is 1. The van der Waals surface area contributed by atoms with Gasteiger partial charge >= 0.3 is 0 Å². The maximum atomic E-state index is 11.0. The number of methoxy groups -OCH3 is 1. The van der Waals surface area contributed by atoms with Gasteiger partial charge in [-0.1, -0.05) is 15.9 Å². The largest absolute Gasteiger partial charge is 0.493 e. The zero-order chi connectivity index (χ0) is 15.0. The van der Waals surface area contributed by atoms with Crippen molar-refractivity contribution in [3.05, 3.63) is 27.8 Å². The molecule has 0 aliphatic rings. The number of nitro benzene ring substituents is 1. The third-order valence-corrected chi connectivity index (χ3v) is 3.25. The van der Waals surface area contributed by atoms with Crippen molar-refractivity contribution in [3.63, 3.8) is 0 Å². The number of ether oxygens (including phenoxy) is 2. The monoisotopic (exact) mass is 342 g/mol. The van der Waals surface area contributed by atoms with Crippen LogP contribution in [0, 0.1) is 21.4 Å². The molecule has 0 aliphatic carbocycles. The molecule has 0 spiro atoms. The van der Waals surface area contributed by atoms with Crippen LogP contribution in [0.1, 0.15) is 24.8 Å². The fraction of sp³-hybridized carbons (Fsp3) is 0.462. The van der Waals surface area contributed by atoms with Crippen molar-refractivity contribution in [2.45, 2.75) is 24.6 Å².